The van der Waals surface area contributed by atoms with Crippen molar-refractivity contribution in [1.82, 2.24) is 30.2 Å². The third-order valence-electron chi connectivity index (χ3n) is 7.20. The summed E-state index contributed by atoms with van der Waals surface area (Å²) in [5.41, 5.74) is 6.12. The molecule has 2 amide bonds. The summed E-state index contributed by atoms with van der Waals surface area (Å²) in [6.45, 7) is 3.87. The van der Waals surface area contributed by atoms with E-state index >= 15 is 4.39 Å². The van der Waals surface area contributed by atoms with Crippen LogP contribution in [-0.4, -0.2) is 115 Å². The standard InChI is InChI=1S/C21H32F2N8O3/c22-13-7-26-19-16(18(24)28-31(19)10-13)20(32)27-15-9-25-8-14(23)17(15)29-2-4-30(5-3-29)21(33)12-1-6-34-11-12/h12-15,17,25-26H,1-11H2,(H2,24,28)(H,27,32). The zero-order valence-electron chi connectivity index (χ0n) is 19.0. The first-order valence-electron chi connectivity index (χ1n) is 11.9. The number of nitrogens with zero attached hydrogens (tertiary/aromatic N) is 4. The van der Waals surface area contributed by atoms with Gasteiger partial charge in [0.15, 0.2) is 5.82 Å². The van der Waals surface area contributed by atoms with Crippen LogP contribution in [0, 0.1) is 5.92 Å². The minimum atomic E-state index is -1.19. The molecule has 5 N–H and O–H groups in total. The molecule has 1 aromatic heterocycles. The molecule has 5 heterocycles. The first-order valence-corrected chi connectivity index (χ1v) is 11.9. The average Bonchev–Trinajstić information content (AvgIpc) is 3.46. The fraction of sp³-hybridized carbons (Fsp3) is 0.762. The van der Waals surface area contributed by atoms with Crippen LogP contribution in [0.15, 0.2) is 0 Å². The molecule has 13 heteroatoms. The van der Waals surface area contributed by atoms with Crippen molar-refractivity contribution < 1.29 is 23.1 Å². The quantitative estimate of drug-likeness (QED) is 0.422. The summed E-state index contributed by atoms with van der Waals surface area (Å²) in [5.74, 6) is -0.0588. The van der Waals surface area contributed by atoms with E-state index in [1.54, 1.807) is 0 Å². The number of rotatable bonds is 4. The Kier molecular flexibility index (Phi) is 6.58. The number of nitrogens with two attached hydrogens (primary N) is 1. The predicted molar refractivity (Wildman–Crippen MR) is 120 cm³/mol. The predicted octanol–water partition coefficient (Wildman–Crippen LogP) is -1.18. The van der Waals surface area contributed by atoms with Gasteiger partial charge in [-0.1, -0.05) is 0 Å². The average molecular weight is 483 g/mol. The summed E-state index contributed by atoms with van der Waals surface area (Å²) in [5, 5.41) is 12.9. The van der Waals surface area contributed by atoms with E-state index < -0.39 is 30.3 Å². The van der Waals surface area contributed by atoms with E-state index in [-0.39, 0.29) is 42.8 Å². The highest BCUT2D eigenvalue weighted by atomic mass is 19.1. The number of alkyl halides is 2. The number of anilines is 2. The number of fused-ring (bicyclic) bond motifs is 1. The lowest BCUT2D eigenvalue weighted by Crippen LogP contribution is -2.67. The van der Waals surface area contributed by atoms with Crippen LogP contribution < -0.4 is 21.7 Å². The number of hydrogen-bond donors (Lipinski definition) is 4. The largest absolute Gasteiger partial charge is 0.381 e. The third kappa shape index (κ3) is 4.43. The monoisotopic (exact) mass is 482 g/mol. The van der Waals surface area contributed by atoms with Crippen molar-refractivity contribution in [2.45, 2.75) is 37.4 Å². The Morgan fingerprint density at radius 1 is 1.15 bits per heavy atom. The van der Waals surface area contributed by atoms with Crippen LogP contribution in [0.4, 0.5) is 20.4 Å². The number of piperazine rings is 1. The van der Waals surface area contributed by atoms with Crippen molar-refractivity contribution in [3.63, 3.8) is 0 Å². The summed E-state index contributed by atoms with van der Waals surface area (Å²) >= 11 is 0. The molecule has 34 heavy (non-hydrogen) atoms. The highest BCUT2D eigenvalue weighted by Gasteiger charge is 2.41. The van der Waals surface area contributed by atoms with Crippen LogP contribution in [0.5, 0.6) is 0 Å². The first-order chi connectivity index (χ1) is 16.4. The molecular weight excluding hydrogens is 450 g/mol. The number of carbonyl (C=O) groups is 2. The van der Waals surface area contributed by atoms with Crippen LogP contribution in [0.25, 0.3) is 0 Å². The van der Waals surface area contributed by atoms with E-state index in [1.165, 1.54) is 4.68 Å². The van der Waals surface area contributed by atoms with Gasteiger partial charge in [-0.15, -0.1) is 0 Å². The van der Waals surface area contributed by atoms with Gasteiger partial charge in [0, 0.05) is 52.4 Å². The Balaban J connectivity index is 1.25. The van der Waals surface area contributed by atoms with Crippen molar-refractivity contribution in [2.75, 3.05) is 70.1 Å². The molecule has 1 aromatic rings. The van der Waals surface area contributed by atoms with Gasteiger partial charge in [0.05, 0.1) is 31.2 Å². The molecule has 5 unspecified atom stereocenters. The second kappa shape index (κ2) is 9.62. The van der Waals surface area contributed by atoms with Gasteiger partial charge in [-0.25, -0.2) is 13.5 Å². The van der Waals surface area contributed by atoms with E-state index in [4.69, 9.17) is 10.5 Å². The molecule has 11 nitrogen and oxygen atoms in total. The molecule has 3 saturated heterocycles. The van der Waals surface area contributed by atoms with Gasteiger partial charge in [-0.2, -0.15) is 5.10 Å². The topological polar surface area (TPSA) is 130 Å². The van der Waals surface area contributed by atoms with Crippen molar-refractivity contribution in [1.29, 1.82) is 0 Å². The number of ether oxygens (including phenoxy) is 1. The summed E-state index contributed by atoms with van der Waals surface area (Å²) < 4.78 is 35.5. The highest BCUT2D eigenvalue weighted by molar-refractivity contribution is 6.03. The molecule has 5 atom stereocenters. The van der Waals surface area contributed by atoms with E-state index in [0.29, 0.717) is 51.8 Å². The van der Waals surface area contributed by atoms with Crippen molar-refractivity contribution >= 4 is 23.5 Å². The molecule has 3 fully saturated rings. The molecule has 4 aliphatic heterocycles. The van der Waals surface area contributed by atoms with E-state index in [0.717, 1.165) is 6.42 Å². The minimum absolute atomic E-state index is 0.00855. The number of aromatic nitrogens is 2. The fourth-order valence-corrected chi connectivity index (χ4v) is 5.43. The second-order valence-electron chi connectivity index (χ2n) is 9.44. The molecule has 0 aromatic carbocycles. The Bertz CT molecular complexity index is 916. The Hall–Kier alpha value is -2.51. The summed E-state index contributed by atoms with van der Waals surface area (Å²) in [4.78, 5) is 29.7. The van der Waals surface area contributed by atoms with Gasteiger partial charge < -0.3 is 31.3 Å². The molecule has 0 radical (unpaired) electrons. The van der Waals surface area contributed by atoms with Gasteiger partial charge in [0.25, 0.3) is 5.91 Å². The fourth-order valence-electron chi connectivity index (χ4n) is 5.43. The van der Waals surface area contributed by atoms with Crippen molar-refractivity contribution in [3.05, 3.63) is 5.56 Å². The van der Waals surface area contributed by atoms with Crippen LogP contribution in [0.1, 0.15) is 16.8 Å². The summed E-state index contributed by atoms with van der Waals surface area (Å²) in [6.07, 6.45) is -1.56. The molecule has 5 rings (SSSR count). The number of hydrogen-bond acceptors (Lipinski definition) is 8. The van der Waals surface area contributed by atoms with Gasteiger partial charge in [0.2, 0.25) is 5.91 Å². The van der Waals surface area contributed by atoms with Crippen LogP contribution in [-0.2, 0) is 16.1 Å². The maximum absolute atomic E-state index is 15.1. The van der Waals surface area contributed by atoms with Crippen molar-refractivity contribution in [3.8, 4) is 0 Å². The van der Waals surface area contributed by atoms with Crippen molar-refractivity contribution in [2.24, 2.45) is 5.92 Å². The summed E-state index contributed by atoms with van der Waals surface area (Å²) in [7, 11) is 0. The summed E-state index contributed by atoms with van der Waals surface area (Å²) in [6, 6.07) is -1.04. The second-order valence-corrected chi connectivity index (χ2v) is 9.44. The van der Waals surface area contributed by atoms with E-state index in [1.807, 2.05) is 9.80 Å². The van der Waals surface area contributed by atoms with Gasteiger partial charge in [-0.3, -0.25) is 14.5 Å². The van der Waals surface area contributed by atoms with Gasteiger partial charge in [-0.05, 0) is 6.42 Å². The van der Waals surface area contributed by atoms with E-state index in [9.17, 15) is 14.0 Å². The number of amides is 2. The van der Waals surface area contributed by atoms with Gasteiger partial charge in [0.1, 0.15) is 23.7 Å². The lowest BCUT2D eigenvalue weighted by atomic mass is 9.95. The minimum Gasteiger partial charge on any atom is -0.381 e. The molecule has 4 aliphatic rings. The van der Waals surface area contributed by atoms with Crippen LogP contribution in [0.3, 0.4) is 0 Å². The smallest absolute Gasteiger partial charge is 0.259 e. The number of nitrogen functional groups attached to an aromatic ring is 1. The Morgan fingerprint density at radius 2 is 1.94 bits per heavy atom. The number of piperidine rings is 1. The van der Waals surface area contributed by atoms with Gasteiger partial charge >= 0.3 is 0 Å². The maximum atomic E-state index is 15.1. The Labute approximate surface area is 196 Å². The molecule has 188 valence electrons. The zero-order valence-corrected chi connectivity index (χ0v) is 19.0. The maximum Gasteiger partial charge on any atom is 0.259 e. The van der Waals surface area contributed by atoms with Crippen LogP contribution >= 0.6 is 0 Å². The highest BCUT2D eigenvalue weighted by Crippen LogP contribution is 2.27. The van der Waals surface area contributed by atoms with Crippen LogP contribution in [0.2, 0.25) is 0 Å². The number of carbonyl (C=O) groups excluding carboxylic acids is 2. The molecular formula is C21H32F2N8O3. The molecule has 0 spiro atoms. The SMILES string of the molecule is Nc1nn2c(c1C(=O)NC1CNCC(F)C1N1CCN(C(=O)C3CCOC3)CC1)NCC(F)C2. The third-order valence-corrected chi connectivity index (χ3v) is 7.20. The molecule has 0 bridgehead atoms. The lowest BCUT2D eigenvalue weighted by Gasteiger charge is -2.46. The lowest BCUT2D eigenvalue weighted by molar-refractivity contribution is -0.138. The number of halogens is 2. The Morgan fingerprint density at radius 3 is 2.68 bits per heavy atom. The normalized spacial score (nSPS) is 32.2. The number of nitrogens with one attached hydrogen (secondary N) is 3. The van der Waals surface area contributed by atoms with E-state index in [2.05, 4.69) is 21.0 Å². The molecule has 0 saturated carbocycles. The zero-order chi connectivity index (χ0) is 23.8. The first kappa shape index (κ1) is 23.2. The molecule has 0 aliphatic carbocycles.